The van der Waals surface area contributed by atoms with E-state index >= 15 is 0 Å². The highest BCUT2D eigenvalue weighted by molar-refractivity contribution is 5.89. The van der Waals surface area contributed by atoms with Crippen LogP contribution in [-0.4, -0.2) is 17.5 Å². The molecule has 2 rings (SSSR count). The number of amides is 1. The highest BCUT2D eigenvalue weighted by Crippen LogP contribution is 2.34. The molecule has 2 saturated carbocycles. The van der Waals surface area contributed by atoms with Crippen LogP contribution < -0.4 is 11.1 Å². The van der Waals surface area contributed by atoms with Crippen molar-refractivity contribution in [2.45, 2.75) is 44.2 Å². The minimum absolute atomic E-state index is 0.0689. The van der Waals surface area contributed by atoms with Gasteiger partial charge >= 0.3 is 0 Å². The number of nitrogens with one attached hydrogen (secondary N) is 1. The Bertz CT molecular complexity index is 205. The molecule has 0 spiro atoms. The molecule has 2 aliphatic rings. The van der Waals surface area contributed by atoms with Crippen molar-refractivity contribution in [2.24, 2.45) is 11.7 Å². The molecule has 0 atom stereocenters. The van der Waals surface area contributed by atoms with E-state index in [4.69, 9.17) is 5.73 Å². The zero-order valence-electron chi connectivity index (χ0n) is 7.47. The molecule has 0 aromatic rings. The molecule has 0 saturated heterocycles. The molecule has 2 fully saturated rings. The molecule has 3 heteroatoms. The standard InChI is InChI=1S/C9H16N2O/c1-6-4-7(5-6)11-8(12)9(10)2-3-9/h6-7H,2-5,10H2,1H3,(H,11,12). The van der Waals surface area contributed by atoms with Crippen LogP contribution in [0.2, 0.25) is 0 Å². The molecule has 0 heterocycles. The lowest BCUT2D eigenvalue weighted by Gasteiger charge is -2.34. The molecule has 3 N–H and O–H groups in total. The normalized spacial score (nSPS) is 36.8. The second-order valence-electron chi connectivity index (χ2n) is 4.40. The predicted octanol–water partition coefficient (Wildman–Crippen LogP) is 0.392. The largest absolute Gasteiger partial charge is 0.352 e. The van der Waals surface area contributed by atoms with E-state index in [0.29, 0.717) is 6.04 Å². The maximum absolute atomic E-state index is 11.4. The summed E-state index contributed by atoms with van der Waals surface area (Å²) in [6.45, 7) is 2.21. The van der Waals surface area contributed by atoms with Gasteiger partial charge in [-0.3, -0.25) is 4.79 Å². The number of hydrogen-bond acceptors (Lipinski definition) is 2. The van der Waals surface area contributed by atoms with E-state index < -0.39 is 5.54 Å². The van der Waals surface area contributed by atoms with Crippen LogP contribution in [0.25, 0.3) is 0 Å². The van der Waals surface area contributed by atoms with Crippen LogP contribution >= 0.6 is 0 Å². The molecule has 0 aromatic carbocycles. The number of carbonyl (C=O) groups excluding carboxylic acids is 1. The van der Waals surface area contributed by atoms with Crippen molar-refractivity contribution in [3.8, 4) is 0 Å². The summed E-state index contributed by atoms with van der Waals surface area (Å²) in [4.78, 5) is 11.4. The zero-order chi connectivity index (χ0) is 8.77. The van der Waals surface area contributed by atoms with Crippen LogP contribution in [0.15, 0.2) is 0 Å². The topological polar surface area (TPSA) is 55.1 Å². The second-order valence-corrected chi connectivity index (χ2v) is 4.40. The molecule has 1 amide bonds. The first-order chi connectivity index (χ1) is 5.60. The quantitative estimate of drug-likeness (QED) is 0.626. The molecule has 12 heavy (non-hydrogen) atoms. The maximum Gasteiger partial charge on any atom is 0.240 e. The predicted molar refractivity (Wildman–Crippen MR) is 46.5 cm³/mol. The Morgan fingerprint density at radius 2 is 2.08 bits per heavy atom. The van der Waals surface area contributed by atoms with Crippen molar-refractivity contribution in [2.75, 3.05) is 0 Å². The van der Waals surface area contributed by atoms with Crippen LogP contribution in [0, 0.1) is 5.92 Å². The van der Waals surface area contributed by atoms with E-state index in [-0.39, 0.29) is 5.91 Å². The van der Waals surface area contributed by atoms with Gasteiger partial charge in [-0.15, -0.1) is 0 Å². The molecule has 0 radical (unpaired) electrons. The summed E-state index contributed by atoms with van der Waals surface area (Å²) in [6.07, 6.45) is 3.98. The minimum atomic E-state index is -0.487. The fourth-order valence-corrected chi connectivity index (χ4v) is 1.71. The molecule has 2 aliphatic carbocycles. The Morgan fingerprint density at radius 1 is 1.50 bits per heavy atom. The van der Waals surface area contributed by atoms with Crippen LogP contribution in [0.4, 0.5) is 0 Å². The Morgan fingerprint density at radius 3 is 2.50 bits per heavy atom. The average molecular weight is 168 g/mol. The van der Waals surface area contributed by atoms with Crippen molar-refractivity contribution in [1.29, 1.82) is 0 Å². The Balaban J connectivity index is 1.77. The summed E-state index contributed by atoms with van der Waals surface area (Å²) in [5.74, 6) is 0.850. The Hall–Kier alpha value is -0.570. The van der Waals surface area contributed by atoms with E-state index in [0.717, 1.165) is 31.6 Å². The van der Waals surface area contributed by atoms with Gasteiger partial charge in [-0.05, 0) is 31.6 Å². The maximum atomic E-state index is 11.4. The van der Waals surface area contributed by atoms with Crippen LogP contribution in [0.5, 0.6) is 0 Å². The fraction of sp³-hybridized carbons (Fsp3) is 0.889. The van der Waals surface area contributed by atoms with E-state index in [2.05, 4.69) is 12.2 Å². The average Bonchev–Trinajstić information content (AvgIpc) is 2.66. The molecule has 68 valence electrons. The first-order valence-corrected chi connectivity index (χ1v) is 4.70. The number of nitrogens with two attached hydrogens (primary N) is 1. The van der Waals surface area contributed by atoms with Crippen molar-refractivity contribution in [3.05, 3.63) is 0 Å². The lowest BCUT2D eigenvalue weighted by Crippen LogP contribution is -2.51. The van der Waals surface area contributed by atoms with Crippen molar-refractivity contribution in [1.82, 2.24) is 5.32 Å². The summed E-state index contributed by atoms with van der Waals surface area (Å²) in [5.41, 5.74) is 5.25. The second kappa shape index (κ2) is 2.46. The third-order valence-corrected chi connectivity index (χ3v) is 2.95. The lowest BCUT2D eigenvalue weighted by atomic mass is 9.82. The van der Waals surface area contributed by atoms with Gasteiger partial charge in [0.2, 0.25) is 5.91 Å². The first-order valence-electron chi connectivity index (χ1n) is 4.70. The highest BCUT2D eigenvalue weighted by atomic mass is 16.2. The van der Waals surface area contributed by atoms with Gasteiger partial charge in [0.05, 0.1) is 5.54 Å². The summed E-state index contributed by atoms with van der Waals surface area (Å²) in [6, 6.07) is 0.411. The van der Waals surface area contributed by atoms with Crippen molar-refractivity contribution >= 4 is 5.91 Å². The molecule has 0 bridgehead atoms. The van der Waals surface area contributed by atoms with Gasteiger partial charge in [0, 0.05) is 6.04 Å². The number of rotatable bonds is 2. The van der Waals surface area contributed by atoms with E-state index in [1.54, 1.807) is 0 Å². The molecular weight excluding hydrogens is 152 g/mol. The van der Waals surface area contributed by atoms with Crippen LogP contribution in [0.1, 0.15) is 32.6 Å². The van der Waals surface area contributed by atoms with Gasteiger partial charge in [0.25, 0.3) is 0 Å². The van der Waals surface area contributed by atoms with E-state index in [9.17, 15) is 4.79 Å². The van der Waals surface area contributed by atoms with Crippen LogP contribution in [0.3, 0.4) is 0 Å². The number of carbonyl (C=O) groups is 1. The Kier molecular flexibility index (Phi) is 1.65. The minimum Gasteiger partial charge on any atom is -0.352 e. The van der Waals surface area contributed by atoms with E-state index in [1.165, 1.54) is 0 Å². The van der Waals surface area contributed by atoms with Gasteiger partial charge in [0.1, 0.15) is 0 Å². The van der Waals surface area contributed by atoms with Gasteiger partial charge in [-0.1, -0.05) is 6.92 Å². The summed E-state index contributed by atoms with van der Waals surface area (Å²) in [7, 11) is 0. The number of hydrogen-bond donors (Lipinski definition) is 2. The summed E-state index contributed by atoms with van der Waals surface area (Å²) in [5, 5.41) is 2.99. The van der Waals surface area contributed by atoms with Crippen LogP contribution in [-0.2, 0) is 4.79 Å². The summed E-state index contributed by atoms with van der Waals surface area (Å²) < 4.78 is 0. The molecule has 0 aliphatic heterocycles. The fourth-order valence-electron chi connectivity index (χ4n) is 1.71. The van der Waals surface area contributed by atoms with Gasteiger partial charge in [-0.2, -0.15) is 0 Å². The SMILES string of the molecule is CC1CC(NC(=O)C2(N)CC2)C1. The smallest absolute Gasteiger partial charge is 0.240 e. The molecular formula is C9H16N2O. The molecule has 0 aromatic heterocycles. The van der Waals surface area contributed by atoms with E-state index in [1.807, 2.05) is 0 Å². The van der Waals surface area contributed by atoms with Gasteiger partial charge in [0.15, 0.2) is 0 Å². The zero-order valence-corrected chi connectivity index (χ0v) is 7.47. The first kappa shape index (κ1) is 8.05. The van der Waals surface area contributed by atoms with Gasteiger partial charge < -0.3 is 11.1 Å². The van der Waals surface area contributed by atoms with Crippen molar-refractivity contribution < 1.29 is 4.79 Å². The lowest BCUT2D eigenvalue weighted by molar-refractivity contribution is -0.124. The van der Waals surface area contributed by atoms with Gasteiger partial charge in [-0.25, -0.2) is 0 Å². The third-order valence-electron chi connectivity index (χ3n) is 2.95. The van der Waals surface area contributed by atoms with Crippen molar-refractivity contribution in [3.63, 3.8) is 0 Å². The monoisotopic (exact) mass is 168 g/mol. The Labute approximate surface area is 72.7 Å². The highest BCUT2D eigenvalue weighted by Gasteiger charge is 2.47. The summed E-state index contributed by atoms with van der Waals surface area (Å²) >= 11 is 0. The third kappa shape index (κ3) is 1.33. The molecule has 3 nitrogen and oxygen atoms in total. The molecule has 0 unspecified atom stereocenters.